The maximum Gasteiger partial charge on any atom is 0.420 e. The molecule has 0 radical (unpaired) electrons. The van der Waals surface area contributed by atoms with Crippen molar-refractivity contribution in [2.24, 2.45) is 0 Å². The monoisotopic (exact) mass is 404 g/mol. The summed E-state index contributed by atoms with van der Waals surface area (Å²) in [7, 11) is 0.616. The minimum absolute atomic E-state index is 0.00224. The van der Waals surface area contributed by atoms with E-state index in [0.29, 0.717) is 16.8 Å². The zero-order valence-corrected chi connectivity index (χ0v) is 16.7. The van der Waals surface area contributed by atoms with Crippen LogP contribution in [0.25, 0.3) is 11.1 Å². The predicted octanol–water partition coefficient (Wildman–Crippen LogP) is 2.04. The van der Waals surface area contributed by atoms with Crippen LogP contribution >= 0.6 is 0 Å². The molecule has 0 amide bonds. The Morgan fingerprint density at radius 2 is 1.89 bits per heavy atom. The summed E-state index contributed by atoms with van der Waals surface area (Å²) in [4.78, 5) is 25.0. The van der Waals surface area contributed by atoms with E-state index < -0.39 is 15.8 Å². The van der Waals surface area contributed by atoms with Gasteiger partial charge in [-0.3, -0.25) is 9.36 Å². The lowest BCUT2D eigenvalue weighted by Gasteiger charge is -2.11. The van der Waals surface area contributed by atoms with Gasteiger partial charge in [0.15, 0.2) is 11.4 Å². The van der Waals surface area contributed by atoms with Crippen LogP contribution in [0.2, 0.25) is 0 Å². The van der Waals surface area contributed by atoms with Crippen molar-refractivity contribution < 1.29 is 22.4 Å². The summed E-state index contributed by atoms with van der Waals surface area (Å²) in [6.45, 7) is 1.59. The molecule has 1 aromatic heterocycles. The van der Waals surface area contributed by atoms with Gasteiger partial charge in [0.05, 0.1) is 29.6 Å². The molecule has 3 aromatic rings. The number of ketones is 1. The van der Waals surface area contributed by atoms with Crippen molar-refractivity contribution >= 4 is 26.9 Å². The van der Waals surface area contributed by atoms with Gasteiger partial charge < -0.3 is 9.15 Å². The van der Waals surface area contributed by atoms with Gasteiger partial charge in [-0.25, -0.2) is 17.5 Å². The van der Waals surface area contributed by atoms with E-state index in [-0.39, 0.29) is 22.8 Å². The summed E-state index contributed by atoms with van der Waals surface area (Å²) in [6, 6.07) is 9.31. The Balaban J connectivity index is 2.03. The summed E-state index contributed by atoms with van der Waals surface area (Å²) in [5.74, 6) is -0.652. The van der Waals surface area contributed by atoms with Crippen molar-refractivity contribution in [3.8, 4) is 5.75 Å². The number of aryl methyl sites for hydroxylation is 1. The SMILES string of the molecule is COc1ccc(C)cc1C(=O)Cn1c(=O)oc2cc(S(=O)(=O)N(C)C)ccc21. The maximum atomic E-state index is 12.8. The molecule has 9 heteroatoms. The highest BCUT2D eigenvalue weighted by atomic mass is 32.2. The molecule has 2 aromatic carbocycles. The van der Waals surface area contributed by atoms with E-state index in [9.17, 15) is 18.0 Å². The molecule has 0 aliphatic rings. The molecule has 0 aliphatic carbocycles. The average Bonchev–Trinajstić information content (AvgIpc) is 2.96. The molecule has 0 bridgehead atoms. The minimum Gasteiger partial charge on any atom is -0.496 e. The van der Waals surface area contributed by atoms with Crippen LogP contribution in [-0.4, -0.2) is 44.3 Å². The number of methoxy groups -OCH3 is 1. The van der Waals surface area contributed by atoms with Gasteiger partial charge in [-0.15, -0.1) is 0 Å². The number of carbonyl (C=O) groups is 1. The topological polar surface area (TPSA) is 98.8 Å². The quantitative estimate of drug-likeness (QED) is 0.583. The molecule has 0 spiro atoms. The molecular weight excluding hydrogens is 384 g/mol. The molecule has 0 unspecified atom stereocenters. The fourth-order valence-electron chi connectivity index (χ4n) is 2.84. The molecule has 0 atom stereocenters. The summed E-state index contributed by atoms with van der Waals surface area (Å²) in [5, 5.41) is 0. The van der Waals surface area contributed by atoms with Crippen LogP contribution in [0.5, 0.6) is 5.75 Å². The first-order chi connectivity index (χ1) is 13.1. The number of carbonyl (C=O) groups excluding carboxylic acids is 1. The van der Waals surface area contributed by atoms with Crippen molar-refractivity contribution in [1.29, 1.82) is 0 Å². The van der Waals surface area contributed by atoms with Gasteiger partial charge in [0.1, 0.15) is 5.75 Å². The summed E-state index contributed by atoms with van der Waals surface area (Å²) in [5.41, 5.74) is 1.67. The van der Waals surface area contributed by atoms with Crippen molar-refractivity contribution in [2.75, 3.05) is 21.2 Å². The number of sulfonamides is 1. The summed E-state index contributed by atoms with van der Waals surface area (Å²) in [6.07, 6.45) is 0. The first-order valence-corrected chi connectivity index (χ1v) is 9.83. The number of ether oxygens (including phenoxy) is 1. The number of nitrogens with zero attached hydrogens (tertiary/aromatic N) is 2. The van der Waals surface area contributed by atoms with Crippen molar-refractivity contribution in [3.63, 3.8) is 0 Å². The van der Waals surface area contributed by atoms with Crippen molar-refractivity contribution in [2.45, 2.75) is 18.4 Å². The highest BCUT2D eigenvalue weighted by Crippen LogP contribution is 2.23. The smallest absolute Gasteiger partial charge is 0.420 e. The van der Waals surface area contributed by atoms with Crippen molar-refractivity contribution in [3.05, 3.63) is 58.1 Å². The lowest BCUT2D eigenvalue weighted by molar-refractivity contribution is 0.0967. The van der Waals surface area contributed by atoms with Gasteiger partial charge in [0, 0.05) is 20.2 Å². The highest BCUT2D eigenvalue weighted by Gasteiger charge is 2.21. The first-order valence-electron chi connectivity index (χ1n) is 8.39. The van der Waals surface area contributed by atoms with Crippen LogP contribution in [0, 0.1) is 6.92 Å². The molecule has 0 N–H and O–H groups in total. The van der Waals surface area contributed by atoms with Gasteiger partial charge in [-0.1, -0.05) is 11.6 Å². The summed E-state index contributed by atoms with van der Waals surface area (Å²) >= 11 is 0. The van der Waals surface area contributed by atoms with Gasteiger partial charge >= 0.3 is 5.76 Å². The fraction of sp³-hybridized carbons (Fsp3) is 0.263. The standard InChI is InChI=1S/C19H20N2O6S/c1-12-5-8-17(26-4)14(9-12)16(22)11-21-15-7-6-13(28(24,25)20(2)3)10-18(15)27-19(21)23/h5-10H,11H2,1-4H3. The molecule has 148 valence electrons. The number of hydrogen-bond donors (Lipinski definition) is 0. The van der Waals surface area contributed by atoms with Gasteiger partial charge in [-0.2, -0.15) is 0 Å². The van der Waals surface area contributed by atoms with Crippen LogP contribution in [0.15, 0.2) is 50.5 Å². The maximum absolute atomic E-state index is 12.8. The average molecular weight is 404 g/mol. The van der Waals surface area contributed by atoms with Crippen LogP contribution in [0.1, 0.15) is 15.9 Å². The van der Waals surface area contributed by atoms with Crippen molar-refractivity contribution in [1.82, 2.24) is 8.87 Å². The third kappa shape index (κ3) is 3.46. The normalized spacial score (nSPS) is 11.9. The second-order valence-corrected chi connectivity index (χ2v) is 8.65. The number of aromatic nitrogens is 1. The van der Waals surface area contributed by atoms with Gasteiger partial charge in [0.25, 0.3) is 0 Å². The molecule has 0 saturated carbocycles. The molecule has 0 aliphatic heterocycles. The van der Waals surface area contributed by atoms with E-state index >= 15 is 0 Å². The second-order valence-electron chi connectivity index (χ2n) is 6.50. The third-order valence-corrected chi connectivity index (χ3v) is 6.19. The molecule has 28 heavy (non-hydrogen) atoms. The fourth-order valence-corrected chi connectivity index (χ4v) is 3.75. The predicted molar refractivity (Wildman–Crippen MR) is 103 cm³/mol. The Morgan fingerprint density at radius 1 is 1.18 bits per heavy atom. The third-order valence-electron chi connectivity index (χ3n) is 4.38. The second kappa shape index (κ2) is 7.25. The lowest BCUT2D eigenvalue weighted by Crippen LogP contribution is -2.22. The van der Waals surface area contributed by atoms with E-state index in [1.165, 1.54) is 44.0 Å². The molecule has 3 rings (SSSR count). The number of rotatable bonds is 6. The molecule has 1 heterocycles. The van der Waals surface area contributed by atoms with E-state index in [2.05, 4.69) is 0 Å². The first kappa shape index (κ1) is 19.8. The Kier molecular flexibility index (Phi) is 5.14. The Morgan fingerprint density at radius 3 is 2.54 bits per heavy atom. The number of oxazole rings is 1. The van der Waals surface area contributed by atoms with Crippen LogP contribution < -0.4 is 10.5 Å². The zero-order valence-electron chi connectivity index (χ0n) is 15.9. The minimum atomic E-state index is -3.67. The number of fused-ring (bicyclic) bond motifs is 1. The zero-order chi connectivity index (χ0) is 20.6. The molecule has 0 fully saturated rings. The molecule has 0 saturated heterocycles. The van der Waals surface area contributed by atoms with E-state index in [4.69, 9.17) is 9.15 Å². The number of benzene rings is 2. The molecule has 8 nitrogen and oxygen atoms in total. The van der Waals surface area contributed by atoms with Gasteiger partial charge in [-0.05, 0) is 31.2 Å². The number of hydrogen-bond acceptors (Lipinski definition) is 6. The molecular formula is C19H20N2O6S. The van der Waals surface area contributed by atoms with E-state index in [1.807, 2.05) is 13.0 Å². The highest BCUT2D eigenvalue weighted by molar-refractivity contribution is 7.89. The number of Topliss-reactive ketones (excluding diaryl/α,β-unsaturated/α-hetero) is 1. The Bertz CT molecular complexity index is 1220. The lowest BCUT2D eigenvalue weighted by atomic mass is 10.1. The Hall–Kier alpha value is -2.91. The summed E-state index contributed by atoms with van der Waals surface area (Å²) < 4.78 is 37.2. The van der Waals surface area contributed by atoms with Crippen LogP contribution in [0.3, 0.4) is 0 Å². The van der Waals surface area contributed by atoms with Crippen LogP contribution in [0.4, 0.5) is 0 Å². The van der Waals surface area contributed by atoms with Gasteiger partial charge in [0.2, 0.25) is 10.0 Å². The Labute approximate surface area is 162 Å². The van der Waals surface area contributed by atoms with Crippen LogP contribution in [-0.2, 0) is 16.6 Å². The largest absolute Gasteiger partial charge is 0.496 e. The van der Waals surface area contributed by atoms with E-state index in [1.54, 1.807) is 12.1 Å². The van der Waals surface area contributed by atoms with E-state index in [0.717, 1.165) is 9.87 Å².